The van der Waals surface area contributed by atoms with Crippen LogP contribution in [0.4, 0.5) is 5.95 Å². The maximum absolute atomic E-state index is 12.6. The first-order valence-corrected chi connectivity index (χ1v) is 13.6. The van der Waals surface area contributed by atoms with Gasteiger partial charge in [0.1, 0.15) is 17.9 Å². The minimum absolute atomic E-state index is 0.0254. The van der Waals surface area contributed by atoms with Crippen LogP contribution < -0.4 is 10.9 Å². The SMILES string of the molecule is CC(C)C(=O)Nc1nc2c(ncn2[C@@H]2O[C@H](CO)/C(=N\O)C2O[Si](C)(C)C(C)(C)C)c(=O)[nH]1. The standard InChI is InChI=1S/C20H32N6O6Si/c1-10(2)16(28)23-19-22-15-13(17(29)24-19)21-9-26(15)18-14(12(25-30)11(8-27)31-18)32-33(6,7)20(3,4)5/h9-11,14,18,27,30H,8H2,1-7H3,(H2,22,23,24,28,29)/b25-12+/t11-,14?,18-/m1/s1. The Kier molecular flexibility index (Phi) is 6.80. The molecule has 0 bridgehead atoms. The Balaban J connectivity index is 2.10. The molecule has 1 aliphatic rings. The molecule has 2 aromatic rings. The monoisotopic (exact) mass is 480 g/mol. The second kappa shape index (κ2) is 8.97. The molecule has 33 heavy (non-hydrogen) atoms. The molecule has 1 fully saturated rings. The predicted octanol–water partition coefficient (Wildman–Crippen LogP) is 1.82. The van der Waals surface area contributed by atoms with E-state index in [2.05, 4.69) is 46.2 Å². The third-order valence-electron chi connectivity index (χ3n) is 6.17. The van der Waals surface area contributed by atoms with Crippen LogP contribution in [-0.4, -0.2) is 68.6 Å². The van der Waals surface area contributed by atoms with Gasteiger partial charge in [-0.1, -0.05) is 39.8 Å². The fraction of sp³-hybridized carbons (Fsp3) is 0.650. The first kappa shape index (κ1) is 25.0. The molecule has 13 heteroatoms. The molecule has 182 valence electrons. The zero-order valence-electron chi connectivity index (χ0n) is 19.9. The number of hydrogen-bond acceptors (Lipinski definition) is 9. The Morgan fingerprint density at radius 2 is 2.09 bits per heavy atom. The summed E-state index contributed by atoms with van der Waals surface area (Å²) in [6.07, 6.45) is -1.28. The molecule has 12 nitrogen and oxygen atoms in total. The molecule has 1 saturated heterocycles. The number of aliphatic hydroxyl groups is 1. The van der Waals surface area contributed by atoms with Crippen molar-refractivity contribution in [1.29, 1.82) is 0 Å². The number of carbonyl (C=O) groups is 1. The molecule has 1 unspecified atom stereocenters. The number of carbonyl (C=O) groups excluding carboxylic acids is 1. The third-order valence-corrected chi connectivity index (χ3v) is 10.6. The van der Waals surface area contributed by atoms with Gasteiger partial charge in [-0.2, -0.15) is 4.98 Å². The van der Waals surface area contributed by atoms with Crippen molar-refractivity contribution in [2.45, 2.75) is 71.2 Å². The number of H-pyrrole nitrogens is 1. The van der Waals surface area contributed by atoms with Crippen molar-refractivity contribution in [3.63, 3.8) is 0 Å². The lowest BCUT2D eigenvalue weighted by Gasteiger charge is -2.39. The predicted molar refractivity (Wildman–Crippen MR) is 124 cm³/mol. The van der Waals surface area contributed by atoms with Crippen molar-refractivity contribution in [3.05, 3.63) is 16.7 Å². The summed E-state index contributed by atoms with van der Waals surface area (Å²) in [6.45, 7) is 13.3. The van der Waals surface area contributed by atoms with Gasteiger partial charge < -0.3 is 19.5 Å². The number of imidazole rings is 1. The van der Waals surface area contributed by atoms with E-state index in [1.165, 1.54) is 10.9 Å². The van der Waals surface area contributed by atoms with Gasteiger partial charge in [0.15, 0.2) is 25.7 Å². The van der Waals surface area contributed by atoms with Gasteiger partial charge >= 0.3 is 0 Å². The number of rotatable bonds is 6. The molecule has 3 heterocycles. The van der Waals surface area contributed by atoms with Gasteiger partial charge in [0.25, 0.3) is 5.56 Å². The van der Waals surface area contributed by atoms with Crippen LogP contribution in [0.1, 0.15) is 40.8 Å². The van der Waals surface area contributed by atoms with Crippen molar-refractivity contribution < 1.29 is 24.3 Å². The largest absolute Gasteiger partial charge is 0.411 e. The molecule has 1 aliphatic heterocycles. The summed E-state index contributed by atoms with van der Waals surface area (Å²) in [5.74, 6) is -0.650. The number of anilines is 1. The van der Waals surface area contributed by atoms with Crippen LogP contribution >= 0.6 is 0 Å². The summed E-state index contributed by atoms with van der Waals surface area (Å²) < 4.78 is 14.0. The van der Waals surface area contributed by atoms with Crippen molar-refractivity contribution in [2.24, 2.45) is 11.1 Å². The highest BCUT2D eigenvalue weighted by atomic mass is 28.4. The van der Waals surface area contributed by atoms with Crippen LogP contribution in [0.15, 0.2) is 16.3 Å². The highest BCUT2D eigenvalue weighted by Crippen LogP contribution is 2.41. The van der Waals surface area contributed by atoms with Gasteiger partial charge in [-0.25, -0.2) is 4.98 Å². The summed E-state index contributed by atoms with van der Waals surface area (Å²) in [7, 11) is -2.38. The molecule has 3 atom stereocenters. The number of nitrogens with one attached hydrogen (secondary N) is 2. The molecule has 0 spiro atoms. The number of hydrogen-bond donors (Lipinski definition) is 4. The lowest BCUT2D eigenvalue weighted by Crippen LogP contribution is -2.47. The lowest BCUT2D eigenvalue weighted by molar-refractivity contribution is -0.118. The second-order valence-corrected chi connectivity index (χ2v) is 14.7. The number of aromatic nitrogens is 4. The summed E-state index contributed by atoms with van der Waals surface area (Å²) in [4.78, 5) is 35.7. The van der Waals surface area contributed by atoms with Gasteiger partial charge in [-0.15, -0.1) is 0 Å². The normalized spacial score (nSPS) is 23.1. The fourth-order valence-corrected chi connectivity index (χ4v) is 4.38. The minimum atomic E-state index is -2.38. The van der Waals surface area contributed by atoms with E-state index in [0.29, 0.717) is 0 Å². The smallest absolute Gasteiger partial charge is 0.280 e. The molecular weight excluding hydrogens is 448 g/mol. The van der Waals surface area contributed by atoms with E-state index in [1.54, 1.807) is 13.8 Å². The number of oxime groups is 1. The number of amides is 1. The van der Waals surface area contributed by atoms with Gasteiger partial charge in [-0.05, 0) is 18.1 Å². The van der Waals surface area contributed by atoms with Crippen molar-refractivity contribution in [2.75, 3.05) is 11.9 Å². The Morgan fingerprint density at radius 3 is 2.64 bits per heavy atom. The van der Waals surface area contributed by atoms with Gasteiger partial charge in [0.05, 0.1) is 12.9 Å². The topological polar surface area (TPSA) is 164 Å². The van der Waals surface area contributed by atoms with E-state index in [4.69, 9.17) is 9.16 Å². The second-order valence-electron chi connectivity index (χ2n) is 9.90. The van der Waals surface area contributed by atoms with Crippen molar-refractivity contribution in [3.8, 4) is 0 Å². The molecule has 0 aliphatic carbocycles. The summed E-state index contributed by atoms with van der Waals surface area (Å²) in [5.41, 5.74) is -0.190. The molecule has 2 aromatic heterocycles. The number of ether oxygens (including phenoxy) is 1. The van der Waals surface area contributed by atoms with E-state index < -0.39 is 38.9 Å². The maximum atomic E-state index is 12.6. The Hall–Kier alpha value is -2.61. The van der Waals surface area contributed by atoms with Crippen molar-refractivity contribution in [1.82, 2.24) is 19.5 Å². The van der Waals surface area contributed by atoms with Crippen molar-refractivity contribution >= 4 is 37.0 Å². The highest BCUT2D eigenvalue weighted by molar-refractivity contribution is 6.74. The van der Waals surface area contributed by atoms with Crippen LogP contribution in [0, 0.1) is 5.92 Å². The zero-order chi connectivity index (χ0) is 24.7. The molecule has 4 N–H and O–H groups in total. The van der Waals surface area contributed by atoms with Crippen LogP contribution in [0.5, 0.6) is 0 Å². The molecule has 0 radical (unpaired) electrons. The van der Waals surface area contributed by atoms with Gasteiger partial charge in [0, 0.05) is 5.92 Å². The number of aliphatic hydroxyl groups excluding tert-OH is 1. The van der Waals surface area contributed by atoms with E-state index >= 15 is 0 Å². The van der Waals surface area contributed by atoms with E-state index in [-0.39, 0.29) is 39.7 Å². The molecule has 3 rings (SSSR count). The van der Waals surface area contributed by atoms with Crippen LogP contribution in [-0.2, 0) is 14.0 Å². The maximum Gasteiger partial charge on any atom is 0.280 e. The van der Waals surface area contributed by atoms with Crippen LogP contribution in [0.25, 0.3) is 11.2 Å². The van der Waals surface area contributed by atoms with Gasteiger partial charge in [0.2, 0.25) is 11.9 Å². The van der Waals surface area contributed by atoms with E-state index in [1.807, 2.05) is 13.1 Å². The van der Waals surface area contributed by atoms with E-state index in [9.17, 15) is 19.9 Å². The molecule has 0 aromatic carbocycles. The molecule has 1 amide bonds. The first-order valence-electron chi connectivity index (χ1n) is 10.7. The Morgan fingerprint density at radius 1 is 1.42 bits per heavy atom. The lowest BCUT2D eigenvalue weighted by atomic mass is 10.1. The summed E-state index contributed by atoms with van der Waals surface area (Å²) in [5, 5.41) is 25.3. The molecular formula is C20H32N6O6Si. The molecule has 0 saturated carbocycles. The third kappa shape index (κ3) is 4.71. The zero-order valence-corrected chi connectivity index (χ0v) is 20.9. The number of aromatic amines is 1. The average Bonchev–Trinajstić information content (AvgIpc) is 3.27. The Labute approximate surface area is 192 Å². The number of fused-ring (bicyclic) bond motifs is 1. The Bertz CT molecular complexity index is 1120. The van der Waals surface area contributed by atoms with E-state index in [0.717, 1.165) is 0 Å². The first-order chi connectivity index (χ1) is 15.3. The van der Waals surface area contributed by atoms with Crippen LogP contribution in [0.3, 0.4) is 0 Å². The fourth-order valence-electron chi connectivity index (χ4n) is 3.15. The van der Waals surface area contributed by atoms with Crippen LogP contribution in [0.2, 0.25) is 18.1 Å². The highest BCUT2D eigenvalue weighted by Gasteiger charge is 2.49. The quantitative estimate of drug-likeness (QED) is 0.276. The number of nitrogens with zero attached hydrogens (tertiary/aromatic N) is 4. The minimum Gasteiger partial charge on any atom is -0.411 e. The van der Waals surface area contributed by atoms with Gasteiger partial charge in [-0.3, -0.25) is 24.5 Å². The summed E-state index contributed by atoms with van der Waals surface area (Å²) >= 11 is 0. The summed E-state index contributed by atoms with van der Waals surface area (Å²) in [6, 6.07) is 0. The average molecular weight is 481 g/mol.